The minimum Gasteiger partial charge on any atom is -0.369 e. The van der Waals surface area contributed by atoms with Crippen LogP contribution >= 0.6 is 0 Å². The van der Waals surface area contributed by atoms with Gasteiger partial charge < -0.3 is 10.3 Å². The molecule has 0 radical (unpaired) electrons. The van der Waals surface area contributed by atoms with Crippen molar-refractivity contribution in [2.24, 2.45) is 7.05 Å². The number of halogens is 3. The lowest BCUT2D eigenvalue weighted by molar-refractivity contribution is -0.140. The number of nitrogen functional groups attached to an aromatic ring is 1. The number of alkyl halides is 3. The Morgan fingerprint density at radius 2 is 1.75 bits per heavy atom. The van der Waals surface area contributed by atoms with Crippen molar-refractivity contribution in [3.8, 4) is 22.9 Å². The average Bonchev–Trinajstić information content (AvgIpc) is 3.49. The number of aromatic nitrogens is 8. The third kappa shape index (κ3) is 4.08. The highest BCUT2D eigenvalue weighted by Gasteiger charge is 2.34. The van der Waals surface area contributed by atoms with Gasteiger partial charge in [-0.3, -0.25) is 9.25 Å². The zero-order valence-electron chi connectivity index (χ0n) is 20.1. The Balaban J connectivity index is 1.48. The number of fused-ring (bicyclic) bond motifs is 1. The molecule has 0 atom stereocenters. The molecule has 0 fully saturated rings. The predicted octanol–water partition coefficient (Wildman–Crippen LogP) is 4.63. The molecule has 12 heteroatoms. The predicted molar refractivity (Wildman–Crippen MR) is 129 cm³/mol. The van der Waals surface area contributed by atoms with Crippen LogP contribution in [0, 0.1) is 6.92 Å². The number of aryl methyl sites for hydroxylation is 2. The van der Waals surface area contributed by atoms with E-state index in [0.717, 1.165) is 23.0 Å². The van der Waals surface area contributed by atoms with Crippen LogP contribution in [0.4, 0.5) is 19.1 Å². The van der Waals surface area contributed by atoms with Gasteiger partial charge >= 0.3 is 6.18 Å². The van der Waals surface area contributed by atoms with Gasteiger partial charge in [-0.15, -0.1) is 0 Å². The first-order valence-corrected chi connectivity index (χ1v) is 11.3. The largest absolute Gasteiger partial charge is 0.434 e. The fraction of sp³-hybridized carbons (Fsp3) is 0.292. The van der Waals surface area contributed by atoms with Crippen molar-refractivity contribution in [3.05, 3.63) is 59.7 Å². The Kier molecular flexibility index (Phi) is 5.53. The van der Waals surface area contributed by atoms with Crippen LogP contribution < -0.4 is 5.73 Å². The summed E-state index contributed by atoms with van der Waals surface area (Å²) < 4.78 is 44.1. The van der Waals surface area contributed by atoms with Crippen LogP contribution in [0.1, 0.15) is 36.7 Å². The topological polar surface area (TPSA) is 105 Å². The Morgan fingerprint density at radius 1 is 1.03 bits per heavy atom. The Labute approximate surface area is 204 Å². The summed E-state index contributed by atoms with van der Waals surface area (Å²) in [6.07, 6.45) is -0.0900. The number of anilines is 1. The van der Waals surface area contributed by atoms with E-state index in [1.54, 1.807) is 29.1 Å². The first kappa shape index (κ1) is 23.5. The lowest BCUT2D eigenvalue weighted by Gasteiger charge is -2.11. The quantitative estimate of drug-likeness (QED) is 0.381. The molecule has 0 aliphatic heterocycles. The van der Waals surface area contributed by atoms with Gasteiger partial charge in [0, 0.05) is 24.8 Å². The minimum atomic E-state index is -4.50. The normalized spacial score (nSPS) is 12.2. The molecule has 0 saturated carbocycles. The van der Waals surface area contributed by atoms with E-state index in [1.807, 2.05) is 37.6 Å². The monoisotopic (exact) mass is 495 g/mol. The molecule has 36 heavy (non-hydrogen) atoms. The van der Waals surface area contributed by atoms with Crippen molar-refractivity contribution < 1.29 is 13.2 Å². The summed E-state index contributed by atoms with van der Waals surface area (Å²) in [5.41, 5.74) is 9.66. The molecule has 0 amide bonds. The number of imidazole rings is 2. The molecular formula is C24H24F3N9. The molecule has 4 aromatic heterocycles. The van der Waals surface area contributed by atoms with E-state index < -0.39 is 11.9 Å². The third-order valence-corrected chi connectivity index (χ3v) is 5.92. The summed E-state index contributed by atoms with van der Waals surface area (Å²) in [5.74, 6) is 1.04. The molecule has 0 bridgehead atoms. The van der Waals surface area contributed by atoms with Crippen molar-refractivity contribution in [2.75, 3.05) is 5.73 Å². The highest BCUT2D eigenvalue weighted by molar-refractivity contribution is 5.76. The molecular weight excluding hydrogens is 471 g/mol. The standard InChI is InChI=1S/C24H24F3N9/c1-13(2)36-19(14(3)9-30-36)20-29-10-17-22(33-20)35(23(28)31-17)11-15-5-7-16(8-6-15)21-32-18(12-34(21)4)24(25,26)27/h5-10,12-13H,11H2,1-4H3,(H2,28,31). The number of rotatable bonds is 5. The molecule has 2 N–H and O–H groups in total. The number of hydrogen-bond acceptors (Lipinski definition) is 6. The molecule has 0 spiro atoms. The summed E-state index contributed by atoms with van der Waals surface area (Å²) >= 11 is 0. The second-order valence-corrected chi connectivity index (χ2v) is 8.93. The van der Waals surface area contributed by atoms with E-state index in [0.29, 0.717) is 29.1 Å². The lowest BCUT2D eigenvalue weighted by atomic mass is 10.1. The first-order valence-electron chi connectivity index (χ1n) is 11.3. The van der Waals surface area contributed by atoms with E-state index in [1.165, 1.54) is 11.6 Å². The van der Waals surface area contributed by atoms with Crippen LogP contribution in [0.3, 0.4) is 0 Å². The van der Waals surface area contributed by atoms with Gasteiger partial charge in [-0.2, -0.15) is 18.3 Å². The van der Waals surface area contributed by atoms with Gasteiger partial charge in [0.05, 0.1) is 18.9 Å². The zero-order chi connectivity index (χ0) is 25.8. The second-order valence-electron chi connectivity index (χ2n) is 8.93. The van der Waals surface area contributed by atoms with Crippen LogP contribution in [0.2, 0.25) is 0 Å². The van der Waals surface area contributed by atoms with Crippen molar-refractivity contribution in [1.29, 1.82) is 0 Å². The van der Waals surface area contributed by atoms with Gasteiger partial charge in [0.25, 0.3) is 0 Å². The highest BCUT2D eigenvalue weighted by atomic mass is 19.4. The molecule has 0 saturated heterocycles. The van der Waals surface area contributed by atoms with Crippen molar-refractivity contribution in [2.45, 2.75) is 39.5 Å². The smallest absolute Gasteiger partial charge is 0.369 e. The molecule has 9 nitrogen and oxygen atoms in total. The van der Waals surface area contributed by atoms with Crippen LogP contribution in [0.5, 0.6) is 0 Å². The third-order valence-electron chi connectivity index (χ3n) is 5.92. The molecule has 1 aromatic carbocycles. The Hall–Kier alpha value is -4.22. The fourth-order valence-electron chi connectivity index (χ4n) is 4.14. The maximum Gasteiger partial charge on any atom is 0.434 e. The van der Waals surface area contributed by atoms with Gasteiger partial charge in [0.1, 0.15) is 17.0 Å². The lowest BCUT2D eigenvalue weighted by Crippen LogP contribution is -2.08. The maximum absolute atomic E-state index is 13.0. The maximum atomic E-state index is 13.0. The number of hydrogen-bond donors (Lipinski definition) is 1. The summed E-state index contributed by atoms with van der Waals surface area (Å²) in [6.45, 7) is 6.40. The highest BCUT2D eigenvalue weighted by Crippen LogP contribution is 2.31. The molecule has 186 valence electrons. The first-order chi connectivity index (χ1) is 17.0. The molecule has 4 heterocycles. The van der Waals surface area contributed by atoms with E-state index in [9.17, 15) is 13.2 Å². The molecule has 0 aliphatic carbocycles. The fourth-order valence-corrected chi connectivity index (χ4v) is 4.14. The molecule has 5 aromatic rings. The molecule has 0 aliphatic rings. The average molecular weight is 496 g/mol. The van der Waals surface area contributed by atoms with Crippen LogP contribution in [0.25, 0.3) is 34.1 Å². The van der Waals surface area contributed by atoms with Gasteiger partial charge in [0.2, 0.25) is 5.95 Å². The van der Waals surface area contributed by atoms with Gasteiger partial charge in [-0.25, -0.2) is 19.9 Å². The summed E-state index contributed by atoms with van der Waals surface area (Å²) in [4.78, 5) is 17.4. The van der Waals surface area contributed by atoms with Crippen molar-refractivity contribution >= 4 is 17.1 Å². The van der Waals surface area contributed by atoms with Crippen LogP contribution in [0.15, 0.2) is 42.9 Å². The van der Waals surface area contributed by atoms with Gasteiger partial charge in [-0.1, -0.05) is 24.3 Å². The van der Waals surface area contributed by atoms with E-state index in [4.69, 9.17) is 10.7 Å². The SMILES string of the molecule is Cc1cnn(C(C)C)c1-c1ncc2nc(N)n(Cc3ccc(-c4nc(C(F)(F)F)cn4C)cc3)c2n1. The summed E-state index contributed by atoms with van der Waals surface area (Å²) in [7, 11) is 1.54. The van der Waals surface area contributed by atoms with E-state index in [-0.39, 0.29) is 17.8 Å². The molecule has 5 rings (SSSR count). The Bertz CT molecular complexity index is 1560. The minimum absolute atomic E-state index is 0.132. The van der Waals surface area contributed by atoms with Crippen LogP contribution in [-0.2, 0) is 19.8 Å². The number of benzene rings is 1. The van der Waals surface area contributed by atoms with Gasteiger partial charge in [0.15, 0.2) is 17.2 Å². The Morgan fingerprint density at radius 3 is 2.39 bits per heavy atom. The van der Waals surface area contributed by atoms with Gasteiger partial charge in [-0.05, 0) is 31.9 Å². The van der Waals surface area contributed by atoms with E-state index >= 15 is 0 Å². The van der Waals surface area contributed by atoms with E-state index in [2.05, 4.69) is 20.1 Å². The number of nitrogens with two attached hydrogens (primary N) is 1. The molecule has 0 unspecified atom stereocenters. The summed E-state index contributed by atoms with van der Waals surface area (Å²) in [5, 5.41) is 4.44. The number of nitrogens with zero attached hydrogens (tertiary/aromatic N) is 8. The zero-order valence-corrected chi connectivity index (χ0v) is 20.1. The second kappa shape index (κ2) is 8.47. The summed E-state index contributed by atoms with van der Waals surface area (Å²) in [6, 6.07) is 7.24. The van der Waals surface area contributed by atoms with Crippen molar-refractivity contribution in [1.82, 2.24) is 38.9 Å². The van der Waals surface area contributed by atoms with Crippen LogP contribution in [-0.4, -0.2) is 38.9 Å². The van der Waals surface area contributed by atoms with Crippen molar-refractivity contribution in [3.63, 3.8) is 0 Å².